The summed E-state index contributed by atoms with van der Waals surface area (Å²) in [6.45, 7) is 3.43. The molecule has 0 aliphatic carbocycles. The zero-order valence-electron chi connectivity index (χ0n) is 14.4. The van der Waals surface area contributed by atoms with E-state index in [1.807, 2.05) is 54.3 Å². The van der Waals surface area contributed by atoms with Gasteiger partial charge in [0.15, 0.2) is 16.7 Å². The Bertz CT molecular complexity index is 908. The standard InChI is InChI=1S/C19H19N3O3S/c1-2-22(10-13-7-8-16-17(9-13)25-12-24-16)18(23)11-26-19-20-14-5-3-4-6-15(14)21-19/h3-9H,2,10-12H2,1H3,(H,20,21). The fourth-order valence-corrected chi connectivity index (χ4v) is 3.64. The van der Waals surface area contributed by atoms with Crippen LogP contribution in [0.5, 0.6) is 11.5 Å². The number of amides is 1. The van der Waals surface area contributed by atoms with Gasteiger partial charge in [0.2, 0.25) is 12.7 Å². The second kappa shape index (κ2) is 7.29. The van der Waals surface area contributed by atoms with Crippen LogP contribution in [0, 0.1) is 0 Å². The minimum Gasteiger partial charge on any atom is -0.454 e. The fourth-order valence-electron chi connectivity index (χ4n) is 2.86. The second-order valence-electron chi connectivity index (χ2n) is 5.94. The zero-order valence-corrected chi connectivity index (χ0v) is 15.2. The molecule has 6 nitrogen and oxygen atoms in total. The van der Waals surface area contributed by atoms with Crippen LogP contribution >= 0.6 is 11.8 Å². The number of ether oxygens (including phenoxy) is 2. The molecule has 0 unspecified atom stereocenters. The van der Waals surface area contributed by atoms with Crippen molar-refractivity contribution in [3.8, 4) is 11.5 Å². The molecule has 0 atom stereocenters. The summed E-state index contributed by atoms with van der Waals surface area (Å²) in [4.78, 5) is 22.2. The van der Waals surface area contributed by atoms with Gasteiger partial charge in [0, 0.05) is 13.1 Å². The van der Waals surface area contributed by atoms with Crippen molar-refractivity contribution in [2.24, 2.45) is 0 Å². The number of aromatic amines is 1. The van der Waals surface area contributed by atoms with Crippen molar-refractivity contribution >= 4 is 28.7 Å². The maximum Gasteiger partial charge on any atom is 0.233 e. The smallest absolute Gasteiger partial charge is 0.233 e. The molecule has 26 heavy (non-hydrogen) atoms. The van der Waals surface area contributed by atoms with Gasteiger partial charge in [-0.05, 0) is 36.8 Å². The van der Waals surface area contributed by atoms with Crippen LogP contribution in [-0.4, -0.2) is 39.9 Å². The van der Waals surface area contributed by atoms with Crippen LogP contribution in [0.4, 0.5) is 0 Å². The number of hydrogen-bond donors (Lipinski definition) is 1. The number of nitrogens with one attached hydrogen (secondary N) is 1. The number of thioether (sulfide) groups is 1. The van der Waals surface area contributed by atoms with Crippen molar-refractivity contribution in [3.63, 3.8) is 0 Å². The topological polar surface area (TPSA) is 67.5 Å². The predicted molar refractivity (Wildman–Crippen MR) is 100 cm³/mol. The number of aromatic nitrogens is 2. The molecule has 0 saturated heterocycles. The van der Waals surface area contributed by atoms with Gasteiger partial charge >= 0.3 is 0 Å². The molecule has 1 aliphatic heterocycles. The molecule has 1 amide bonds. The van der Waals surface area contributed by atoms with Crippen molar-refractivity contribution < 1.29 is 14.3 Å². The van der Waals surface area contributed by atoms with Gasteiger partial charge in [-0.25, -0.2) is 4.98 Å². The number of nitrogens with zero attached hydrogens (tertiary/aromatic N) is 2. The largest absolute Gasteiger partial charge is 0.454 e. The Morgan fingerprint density at radius 1 is 1.23 bits per heavy atom. The Kier molecular flexibility index (Phi) is 4.71. The highest BCUT2D eigenvalue weighted by Crippen LogP contribution is 2.32. The van der Waals surface area contributed by atoms with E-state index < -0.39 is 0 Å². The van der Waals surface area contributed by atoms with Crippen LogP contribution < -0.4 is 9.47 Å². The average Bonchev–Trinajstić information content (AvgIpc) is 3.29. The summed E-state index contributed by atoms with van der Waals surface area (Å²) in [5.74, 6) is 1.92. The van der Waals surface area contributed by atoms with E-state index in [2.05, 4.69) is 9.97 Å². The Morgan fingerprint density at radius 2 is 2.08 bits per heavy atom. The van der Waals surface area contributed by atoms with Gasteiger partial charge in [-0.2, -0.15) is 0 Å². The molecule has 1 aromatic heterocycles. The third-order valence-corrected chi connectivity index (χ3v) is 5.10. The van der Waals surface area contributed by atoms with Gasteiger partial charge < -0.3 is 19.4 Å². The number of fused-ring (bicyclic) bond motifs is 2. The number of carbonyl (C=O) groups is 1. The van der Waals surface area contributed by atoms with Crippen molar-refractivity contribution in [3.05, 3.63) is 48.0 Å². The highest BCUT2D eigenvalue weighted by molar-refractivity contribution is 7.99. The molecule has 134 valence electrons. The second-order valence-corrected chi connectivity index (χ2v) is 6.91. The maximum atomic E-state index is 12.6. The van der Waals surface area contributed by atoms with E-state index in [4.69, 9.17) is 9.47 Å². The Hall–Kier alpha value is -2.67. The first-order valence-electron chi connectivity index (χ1n) is 8.47. The lowest BCUT2D eigenvalue weighted by Crippen LogP contribution is -2.31. The number of carbonyl (C=O) groups excluding carboxylic acids is 1. The summed E-state index contributed by atoms with van der Waals surface area (Å²) in [5.41, 5.74) is 2.92. The molecule has 0 bridgehead atoms. The van der Waals surface area contributed by atoms with E-state index in [1.54, 1.807) is 0 Å². The molecule has 2 heterocycles. The SMILES string of the molecule is CCN(Cc1ccc2c(c1)OCO2)C(=O)CSc1nc2ccccc2[nH]1. The monoisotopic (exact) mass is 369 g/mol. The Labute approximate surface area is 155 Å². The van der Waals surface area contributed by atoms with E-state index in [-0.39, 0.29) is 12.7 Å². The number of rotatable bonds is 6. The van der Waals surface area contributed by atoms with Gasteiger partial charge in [0.1, 0.15) is 0 Å². The van der Waals surface area contributed by atoms with Gasteiger partial charge in [-0.1, -0.05) is 30.0 Å². The van der Waals surface area contributed by atoms with Crippen molar-refractivity contribution in [1.82, 2.24) is 14.9 Å². The molecule has 0 radical (unpaired) electrons. The van der Waals surface area contributed by atoms with Crippen LogP contribution in [-0.2, 0) is 11.3 Å². The first-order valence-corrected chi connectivity index (χ1v) is 9.45. The summed E-state index contributed by atoms with van der Waals surface area (Å²) in [6, 6.07) is 13.6. The van der Waals surface area contributed by atoms with Crippen LogP contribution in [0.2, 0.25) is 0 Å². The molecule has 1 N–H and O–H groups in total. The Balaban J connectivity index is 1.39. The van der Waals surface area contributed by atoms with E-state index >= 15 is 0 Å². The molecule has 0 spiro atoms. The number of H-pyrrole nitrogens is 1. The third kappa shape index (κ3) is 3.48. The van der Waals surface area contributed by atoms with Gasteiger partial charge in [0.25, 0.3) is 0 Å². The molecule has 3 aromatic rings. The molecule has 7 heteroatoms. The van der Waals surface area contributed by atoms with Crippen LogP contribution in [0.15, 0.2) is 47.6 Å². The predicted octanol–water partition coefficient (Wildman–Crippen LogP) is 3.43. The quantitative estimate of drug-likeness (QED) is 0.674. The molecule has 2 aromatic carbocycles. The van der Waals surface area contributed by atoms with Crippen molar-refractivity contribution in [2.45, 2.75) is 18.6 Å². The highest BCUT2D eigenvalue weighted by atomic mass is 32.2. The fraction of sp³-hybridized carbons (Fsp3) is 0.263. The minimum absolute atomic E-state index is 0.0793. The summed E-state index contributed by atoms with van der Waals surface area (Å²) in [7, 11) is 0. The van der Waals surface area contributed by atoms with Crippen LogP contribution in [0.1, 0.15) is 12.5 Å². The maximum absolute atomic E-state index is 12.6. The molecular weight excluding hydrogens is 350 g/mol. The molecular formula is C19H19N3O3S. The van der Waals surface area contributed by atoms with E-state index in [1.165, 1.54) is 11.8 Å². The number of hydrogen-bond acceptors (Lipinski definition) is 5. The van der Waals surface area contributed by atoms with Gasteiger partial charge in [0.05, 0.1) is 16.8 Å². The number of benzene rings is 2. The van der Waals surface area contributed by atoms with Gasteiger partial charge in [-0.3, -0.25) is 4.79 Å². The molecule has 0 saturated carbocycles. The van der Waals surface area contributed by atoms with E-state index in [0.717, 1.165) is 33.3 Å². The average molecular weight is 369 g/mol. The number of imidazole rings is 1. The first kappa shape index (κ1) is 16.8. The first-order chi connectivity index (χ1) is 12.7. The normalized spacial score (nSPS) is 12.5. The number of para-hydroxylation sites is 2. The molecule has 0 fully saturated rings. The lowest BCUT2D eigenvalue weighted by Gasteiger charge is -2.20. The molecule has 4 rings (SSSR count). The van der Waals surface area contributed by atoms with E-state index in [9.17, 15) is 4.79 Å². The summed E-state index contributed by atoms with van der Waals surface area (Å²) in [6.07, 6.45) is 0. The summed E-state index contributed by atoms with van der Waals surface area (Å²) >= 11 is 1.43. The highest BCUT2D eigenvalue weighted by Gasteiger charge is 2.17. The lowest BCUT2D eigenvalue weighted by atomic mass is 10.2. The summed E-state index contributed by atoms with van der Waals surface area (Å²) < 4.78 is 10.7. The zero-order chi connectivity index (χ0) is 17.9. The lowest BCUT2D eigenvalue weighted by molar-refractivity contribution is -0.128. The summed E-state index contributed by atoms with van der Waals surface area (Å²) in [5, 5.41) is 0.763. The third-order valence-electron chi connectivity index (χ3n) is 4.24. The molecule has 1 aliphatic rings. The van der Waals surface area contributed by atoms with E-state index in [0.29, 0.717) is 18.8 Å². The Morgan fingerprint density at radius 3 is 2.92 bits per heavy atom. The van der Waals surface area contributed by atoms with Gasteiger partial charge in [-0.15, -0.1) is 0 Å². The van der Waals surface area contributed by atoms with Crippen molar-refractivity contribution in [1.29, 1.82) is 0 Å². The van der Waals surface area contributed by atoms with Crippen LogP contribution in [0.25, 0.3) is 11.0 Å². The van der Waals surface area contributed by atoms with Crippen LogP contribution in [0.3, 0.4) is 0 Å². The minimum atomic E-state index is 0.0793. The van der Waals surface area contributed by atoms with Crippen molar-refractivity contribution in [2.75, 3.05) is 19.1 Å².